The van der Waals surface area contributed by atoms with Gasteiger partial charge in [-0.2, -0.15) is 0 Å². The molecule has 0 spiro atoms. The van der Waals surface area contributed by atoms with Gasteiger partial charge in [-0.1, -0.05) is 28.1 Å². The van der Waals surface area contributed by atoms with Crippen LogP contribution < -0.4 is 0 Å². The van der Waals surface area contributed by atoms with Crippen molar-refractivity contribution in [2.75, 3.05) is 14.2 Å². The minimum Gasteiger partial charge on any atom is -0.465 e. The van der Waals surface area contributed by atoms with Crippen LogP contribution in [0.3, 0.4) is 0 Å². The van der Waals surface area contributed by atoms with Gasteiger partial charge in [-0.15, -0.1) is 0 Å². The zero-order valence-corrected chi connectivity index (χ0v) is 15.2. The van der Waals surface area contributed by atoms with E-state index in [1.54, 1.807) is 19.2 Å². The average Bonchev–Trinajstić information content (AvgIpc) is 2.44. The molecule has 1 aromatic rings. The highest BCUT2D eigenvalue weighted by atomic mass is 79.9. The van der Waals surface area contributed by atoms with Gasteiger partial charge in [0.15, 0.2) is 0 Å². The summed E-state index contributed by atoms with van der Waals surface area (Å²) < 4.78 is 10.1. The van der Waals surface area contributed by atoms with Crippen molar-refractivity contribution in [1.29, 1.82) is 0 Å². The number of rotatable bonds is 4. The normalized spacial score (nSPS) is 11.0. The molecule has 22 heavy (non-hydrogen) atoms. The number of hydrogen-bond donors (Lipinski definition) is 0. The fourth-order valence-electron chi connectivity index (χ4n) is 1.84. The van der Waals surface area contributed by atoms with Crippen LogP contribution in [-0.4, -0.2) is 36.7 Å². The van der Waals surface area contributed by atoms with Gasteiger partial charge >= 0.3 is 12.1 Å². The van der Waals surface area contributed by atoms with E-state index in [1.807, 2.05) is 26.8 Å². The molecule has 6 heteroatoms. The first-order valence-electron chi connectivity index (χ1n) is 6.88. The largest absolute Gasteiger partial charge is 0.465 e. The second-order valence-electron chi connectivity index (χ2n) is 5.95. The van der Waals surface area contributed by atoms with Crippen molar-refractivity contribution in [2.24, 2.45) is 0 Å². The number of esters is 1. The molecular formula is C16H22BrNO4. The van der Waals surface area contributed by atoms with Gasteiger partial charge in [0.25, 0.3) is 0 Å². The van der Waals surface area contributed by atoms with Crippen molar-refractivity contribution in [1.82, 2.24) is 4.90 Å². The molecule has 0 aliphatic rings. The SMILES string of the molecule is COC(=O)c1ccc(CN(C)C(=O)OC(C)(C)C)cc1CBr. The monoisotopic (exact) mass is 371 g/mol. The van der Waals surface area contributed by atoms with Crippen LogP contribution in [0, 0.1) is 0 Å². The van der Waals surface area contributed by atoms with Gasteiger partial charge in [0.05, 0.1) is 12.7 Å². The number of nitrogens with zero attached hydrogens (tertiary/aromatic N) is 1. The molecule has 0 unspecified atom stereocenters. The second-order valence-corrected chi connectivity index (χ2v) is 6.51. The highest BCUT2D eigenvalue weighted by Gasteiger charge is 2.20. The Morgan fingerprint density at radius 3 is 2.41 bits per heavy atom. The number of halogens is 1. The molecule has 0 aliphatic carbocycles. The minimum absolute atomic E-state index is 0.374. The number of amides is 1. The molecule has 0 fully saturated rings. The highest BCUT2D eigenvalue weighted by Crippen LogP contribution is 2.18. The molecular weight excluding hydrogens is 350 g/mol. The molecule has 0 heterocycles. The van der Waals surface area contributed by atoms with Crippen LogP contribution in [0.4, 0.5) is 4.79 Å². The van der Waals surface area contributed by atoms with Gasteiger partial charge in [0, 0.05) is 18.9 Å². The van der Waals surface area contributed by atoms with Crippen LogP contribution >= 0.6 is 15.9 Å². The van der Waals surface area contributed by atoms with Crippen molar-refractivity contribution in [3.63, 3.8) is 0 Å². The van der Waals surface area contributed by atoms with Crippen molar-refractivity contribution in [3.8, 4) is 0 Å². The number of hydrogen-bond acceptors (Lipinski definition) is 4. The Bertz CT molecular complexity index is 552. The lowest BCUT2D eigenvalue weighted by Crippen LogP contribution is -2.33. The quantitative estimate of drug-likeness (QED) is 0.597. The third-order valence-corrected chi connectivity index (χ3v) is 3.45. The van der Waals surface area contributed by atoms with Crippen molar-refractivity contribution in [2.45, 2.75) is 38.2 Å². The summed E-state index contributed by atoms with van der Waals surface area (Å²) in [6.45, 7) is 5.88. The molecule has 122 valence electrons. The molecule has 0 aromatic heterocycles. The average molecular weight is 372 g/mol. The van der Waals surface area contributed by atoms with Gasteiger partial charge in [0.1, 0.15) is 5.60 Å². The fourth-order valence-corrected chi connectivity index (χ4v) is 2.31. The number of benzene rings is 1. The minimum atomic E-state index is -0.527. The van der Waals surface area contributed by atoms with Crippen LogP contribution in [0.2, 0.25) is 0 Å². The Hall–Kier alpha value is -1.56. The molecule has 1 rings (SSSR count). The van der Waals surface area contributed by atoms with Gasteiger partial charge < -0.3 is 14.4 Å². The number of carbonyl (C=O) groups is 2. The molecule has 5 nitrogen and oxygen atoms in total. The van der Waals surface area contributed by atoms with Crippen LogP contribution in [0.15, 0.2) is 18.2 Å². The summed E-state index contributed by atoms with van der Waals surface area (Å²) in [6, 6.07) is 5.39. The van der Waals surface area contributed by atoms with E-state index in [1.165, 1.54) is 12.0 Å². The molecule has 1 amide bonds. The van der Waals surface area contributed by atoms with Gasteiger partial charge in [-0.3, -0.25) is 0 Å². The van der Waals surface area contributed by atoms with Gasteiger partial charge in [-0.05, 0) is 38.0 Å². The van der Waals surface area contributed by atoms with Crippen LogP contribution in [0.5, 0.6) is 0 Å². The molecule has 0 saturated heterocycles. The number of methoxy groups -OCH3 is 1. The molecule has 0 N–H and O–H groups in total. The Morgan fingerprint density at radius 1 is 1.27 bits per heavy atom. The first-order valence-corrected chi connectivity index (χ1v) is 8.00. The Labute approximate surface area is 139 Å². The summed E-state index contributed by atoms with van der Waals surface area (Å²) in [5.74, 6) is -0.374. The summed E-state index contributed by atoms with van der Waals surface area (Å²) in [5, 5.41) is 0.529. The Morgan fingerprint density at radius 2 is 1.91 bits per heavy atom. The summed E-state index contributed by atoms with van der Waals surface area (Å²) in [5.41, 5.74) is 1.72. The summed E-state index contributed by atoms with van der Waals surface area (Å²) in [4.78, 5) is 25.1. The molecule has 0 saturated carbocycles. The number of alkyl halides is 1. The zero-order chi connectivity index (χ0) is 16.9. The lowest BCUT2D eigenvalue weighted by molar-refractivity contribution is 0.0284. The summed E-state index contributed by atoms with van der Waals surface area (Å²) in [6.07, 6.45) is -0.384. The Balaban J connectivity index is 2.86. The standard InChI is InChI=1S/C16H22BrNO4/c1-16(2,3)22-15(20)18(4)10-11-6-7-13(14(19)21-5)12(8-11)9-17/h6-8H,9-10H2,1-5H3. The molecule has 1 aromatic carbocycles. The predicted molar refractivity (Wildman–Crippen MR) is 88.1 cm³/mol. The van der Waals surface area contributed by atoms with E-state index in [9.17, 15) is 9.59 Å². The van der Waals surface area contributed by atoms with E-state index < -0.39 is 5.60 Å². The molecule has 0 bridgehead atoms. The first kappa shape index (κ1) is 18.5. The lowest BCUT2D eigenvalue weighted by Gasteiger charge is -2.24. The van der Waals surface area contributed by atoms with E-state index in [0.29, 0.717) is 17.4 Å². The third-order valence-electron chi connectivity index (χ3n) is 2.84. The van der Waals surface area contributed by atoms with Crippen LogP contribution in [0.25, 0.3) is 0 Å². The smallest absolute Gasteiger partial charge is 0.410 e. The topological polar surface area (TPSA) is 55.8 Å². The number of carbonyl (C=O) groups excluding carboxylic acids is 2. The third kappa shape index (κ3) is 5.33. The van der Waals surface area contributed by atoms with E-state index in [4.69, 9.17) is 9.47 Å². The Kier molecular flexibility index (Phi) is 6.41. The molecule has 0 radical (unpaired) electrons. The van der Waals surface area contributed by atoms with Gasteiger partial charge in [-0.25, -0.2) is 9.59 Å². The van der Waals surface area contributed by atoms with Crippen molar-refractivity contribution >= 4 is 28.0 Å². The zero-order valence-electron chi connectivity index (χ0n) is 13.6. The van der Waals surface area contributed by atoms with E-state index in [0.717, 1.165) is 11.1 Å². The van der Waals surface area contributed by atoms with Crippen molar-refractivity contribution in [3.05, 3.63) is 34.9 Å². The second kappa shape index (κ2) is 7.63. The van der Waals surface area contributed by atoms with E-state index >= 15 is 0 Å². The summed E-state index contributed by atoms with van der Waals surface area (Å²) >= 11 is 3.36. The van der Waals surface area contributed by atoms with Gasteiger partial charge in [0.2, 0.25) is 0 Å². The first-order chi connectivity index (χ1) is 10.2. The lowest BCUT2D eigenvalue weighted by atomic mass is 10.0. The fraction of sp³-hybridized carbons (Fsp3) is 0.500. The summed E-state index contributed by atoms with van der Waals surface area (Å²) in [7, 11) is 3.03. The maximum absolute atomic E-state index is 12.0. The highest BCUT2D eigenvalue weighted by molar-refractivity contribution is 9.08. The predicted octanol–water partition coefficient (Wildman–Crippen LogP) is 3.74. The van der Waals surface area contributed by atoms with E-state index in [-0.39, 0.29) is 12.1 Å². The van der Waals surface area contributed by atoms with Crippen LogP contribution in [0.1, 0.15) is 42.3 Å². The maximum atomic E-state index is 12.0. The maximum Gasteiger partial charge on any atom is 0.410 e. The van der Waals surface area contributed by atoms with E-state index in [2.05, 4.69) is 15.9 Å². The molecule has 0 aliphatic heterocycles. The van der Waals surface area contributed by atoms with Crippen molar-refractivity contribution < 1.29 is 19.1 Å². The molecule has 0 atom stereocenters. The number of ether oxygens (including phenoxy) is 2. The van der Waals surface area contributed by atoms with Crippen LogP contribution in [-0.2, 0) is 21.3 Å².